The van der Waals surface area contributed by atoms with E-state index in [1.807, 2.05) is 43.3 Å². The first-order valence-electron chi connectivity index (χ1n) is 7.36. The molecule has 23 heavy (non-hydrogen) atoms. The summed E-state index contributed by atoms with van der Waals surface area (Å²) in [4.78, 5) is 23.4. The molecule has 0 radical (unpaired) electrons. The summed E-state index contributed by atoms with van der Waals surface area (Å²) in [6.07, 6.45) is 0.175. The van der Waals surface area contributed by atoms with E-state index in [0.29, 0.717) is 5.69 Å². The molecule has 2 rings (SSSR count). The van der Waals surface area contributed by atoms with E-state index in [2.05, 4.69) is 15.4 Å². The molecule has 2 aromatic carbocycles. The number of methoxy groups -OCH3 is 1. The van der Waals surface area contributed by atoms with E-state index in [-0.39, 0.29) is 24.5 Å². The average molecular weight is 312 g/mol. The highest BCUT2D eigenvalue weighted by atomic mass is 16.5. The number of esters is 1. The summed E-state index contributed by atoms with van der Waals surface area (Å²) in [7, 11) is 1.35. The summed E-state index contributed by atoms with van der Waals surface area (Å²) in [6.45, 7) is 1.92. The van der Waals surface area contributed by atoms with Crippen LogP contribution in [0.1, 0.15) is 24.1 Å². The summed E-state index contributed by atoms with van der Waals surface area (Å²) in [6, 6.07) is 16.4. The number of hydrogen-bond acceptors (Lipinski definition) is 3. The van der Waals surface area contributed by atoms with Crippen LogP contribution in [0.2, 0.25) is 0 Å². The van der Waals surface area contributed by atoms with Gasteiger partial charge in [0.15, 0.2) is 0 Å². The molecule has 2 amide bonds. The third-order valence-electron chi connectivity index (χ3n) is 3.41. The molecule has 5 heteroatoms. The maximum Gasteiger partial charge on any atom is 0.319 e. The molecule has 0 aromatic heterocycles. The number of benzene rings is 2. The molecule has 0 heterocycles. The number of anilines is 1. The number of hydrogen-bond donors (Lipinski definition) is 2. The summed E-state index contributed by atoms with van der Waals surface area (Å²) in [5.74, 6) is -0.315. The molecule has 0 saturated heterocycles. The van der Waals surface area contributed by atoms with Crippen molar-refractivity contribution in [2.24, 2.45) is 0 Å². The molecule has 0 unspecified atom stereocenters. The number of amides is 2. The van der Waals surface area contributed by atoms with Crippen LogP contribution in [0.3, 0.4) is 0 Å². The Bertz CT molecular complexity index is 671. The minimum atomic E-state index is -0.315. The van der Waals surface area contributed by atoms with Crippen LogP contribution in [0.5, 0.6) is 0 Å². The highest BCUT2D eigenvalue weighted by Crippen LogP contribution is 2.14. The van der Waals surface area contributed by atoms with Gasteiger partial charge in [-0.15, -0.1) is 0 Å². The minimum Gasteiger partial charge on any atom is -0.469 e. The fraction of sp³-hybridized carbons (Fsp3) is 0.222. The topological polar surface area (TPSA) is 67.4 Å². The van der Waals surface area contributed by atoms with E-state index >= 15 is 0 Å². The van der Waals surface area contributed by atoms with Gasteiger partial charge in [0.1, 0.15) is 0 Å². The lowest BCUT2D eigenvalue weighted by atomic mass is 10.1. The van der Waals surface area contributed by atoms with Gasteiger partial charge < -0.3 is 15.4 Å². The predicted molar refractivity (Wildman–Crippen MR) is 89.2 cm³/mol. The van der Waals surface area contributed by atoms with Gasteiger partial charge in [-0.25, -0.2) is 4.79 Å². The molecular formula is C18H20N2O3. The number of rotatable bonds is 5. The molecule has 0 fully saturated rings. The molecular weight excluding hydrogens is 292 g/mol. The van der Waals surface area contributed by atoms with Gasteiger partial charge in [-0.3, -0.25) is 4.79 Å². The lowest BCUT2D eigenvalue weighted by Crippen LogP contribution is -2.31. The van der Waals surface area contributed by atoms with Crippen molar-refractivity contribution in [1.29, 1.82) is 0 Å². The Morgan fingerprint density at radius 1 is 1.09 bits per heavy atom. The van der Waals surface area contributed by atoms with E-state index in [4.69, 9.17) is 0 Å². The third-order valence-corrected chi connectivity index (χ3v) is 3.41. The van der Waals surface area contributed by atoms with Gasteiger partial charge >= 0.3 is 12.0 Å². The summed E-state index contributed by atoms with van der Waals surface area (Å²) in [5, 5.41) is 5.65. The first kappa shape index (κ1) is 16.5. The second-order valence-electron chi connectivity index (χ2n) is 5.18. The first-order chi connectivity index (χ1) is 11.1. The lowest BCUT2D eigenvalue weighted by Gasteiger charge is -2.15. The fourth-order valence-electron chi connectivity index (χ4n) is 2.19. The second-order valence-corrected chi connectivity index (χ2v) is 5.18. The van der Waals surface area contributed by atoms with Crippen molar-refractivity contribution >= 4 is 17.7 Å². The van der Waals surface area contributed by atoms with Gasteiger partial charge in [0, 0.05) is 5.69 Å². The van der Waals surface area contributed by atoms with E-state index in [9.17, 15) is 9.59 Å². The molecule has 0 saturated carbocycles. The Hall–Kier alpha value is -2.82. The molecule has 1 atom stereocenters. The maximum atomic E-state index is 12.1. The minimum absolute atomic E-state index is 0.102. The summed E-state index contributed by atoms with van der Waals surface area (Å²) in [5.41, 5.74) is 2.44. The molecule has 0 aliphatic heterocycles. The number of carbonyl (C=O) groups excluding carboxylic acids is 2. The SMILES string of the molecule is COC(=O)Cc1cccc(NC(=O)N[C@@H](C)c2ccccc2)c1. The molecule has 120 valence electrons. The third kappa shape index (κ3) is 5.14. The monoisotopic (exact) mass is 312 g/mol. The summed E-state index contributed by atoms with van der Waals surface area (Å²) < 4.78 is 4.64. The van der Waals surface area contributed by atoms with Gasteiger partial charge in [0.25, 0.3) is 0 Å². The van der Waals surface area contributed by atoms with Crippen molar-refractivity contribution in [3.05, 3.63) is 65.7 Å². The van der Waals surface area contributed by atoms with Crippen molar-refractivity contribution in [2.75, 3.05) is 12.4 Å². The van der Waals surface area contributed by atoms with E-state index in [1.165, 1.54) is 7.11 Å². The number of carbonyl (C=O) groups is 2. The van der Waals surface area contributed by atoms with Gasteiger partial charge in [0.05, 0.1) is 19.6 Å². The zero-order valence-corrected chi connectivity index (χ0v) is 13.2. The second kappa shape index (κ2) is 7.98. The number of nitrogens with one attached hydrogen (secondary N) is 2. The standard InChI is InChI=1S/C18H20N2O3/c1-13(15-8-4-3-5-9-15)19-18(22)20-16-10-6-7-14(11-16)12-17(21)23-2/h3-11,13H,12H2,1-2H3,(H2,19,20,22)/t13-/m0/s1. The van der Waals surface area contributed by atoms with Gasteiger partial charge in [-0.1, -0.05) is 42.5 Å². The zero-order valence-electron chi connectivity index (χ0n) is 13.2. The zero-order chi connectivity index (χ0) is 16.7. The van der Waals surface area contributed by atoms with Crippen LogP contribution in [-0.4, -0.2) is 19.1 Å². The largest absolute Gasteiger partial charge is 0.469 e. The van der Waals surface area contributed by atoms with E-state index < -0.39 is 0 Å². The molecule has 5 nitrogen and oxygen atoms in total. The Morgan fingerprint density at radius 3 is 2.52 bits per heavy atom. The van der Waals surface area contributed by atoms with E-state index in [0.717, 1.165) is 11.1 Å². The van der Waals surface area contributed by atoms with Crippen LogP contribution in [0.15, 0.2) is 54.6 Å². The Kier molecular flexibility index (Phi) is 5.74. The molecule has 2 aromatic rings. The van der Waals surface area contributed by atoms with Gasteiger partial charge in [-0.05, 0) is 30.2 Å². The van der Waals surface area contributed by atoms with Crippen molar-refractivity contribution in [3.63, 3.8) is 0 Å². The van der Waals surface area contributed by atoms with Crippen molar-refractivity contribution in [2.45, 2.75) is 19.4 Å². The van der Waals surface area contributed by atoms with Crippen LogP contribution in [-0.2, 0) is 16.0 Å². The predicted octanol–water partition coefficient (Wildman–Crippen LogP) is 3.28. The number of urea groups is 1. The first-order valence-corrected chi connectivity index (χ1v) is 7.36. The van der Waals surface area contributed by atoms with Crippen LogP contribution >= 0.6 is 0 Å². The highest BCUT2D eigenvalue weighted by molar-refractivity contribution is 5.89. The molecule has 2 N–H and O–H groups in total. The number of ether oxygens (including phenoxy) is 1. The van der Waals surface area contributed by atoms with Crippen molar-refractivity contribution in [3.8, 4) is 0 Å². The normalized spacial score (nSPS) is 11.4. The Balaban J connectivity index is 1.95. The highest BCUT2D eigenvalue weighted by Gasteiger charge is 2.10. The van der Waals surface area contributed by atoms with Crippen molar-refractivity contribution < 1.29 is 14.3 Å². The lowest BCUT2D eigenvalue weighted by molar-refractivity contribution is -0.139. The Morgan fingerprint density at radius 2 is 1.83 bits per heavy atom. The van der Waals surface area contributed by atoms with Crippen LogP contribution in [0.4, 0.5) is 10.5 Å². The quantitative estimate of drug-likeness (QED) is 0.833. The van der Waals surface area contributed by atoms with Gasteiger partial charge in [0.2, 0.25) is 0 Å². The van der Waals surface area contributed by atoms with Crippen molar-refractivity contribution in [1.82, 2.24) is 5.32 Å². The average Bonchev–Trinajstić information content (AvgIpc) is 2.55. The van der Waals surface area contributed by atoms with Crippen LogP contribution < -0.4 is 10.6 Å². The smallest absolute Gasteiger partial charge is 0.319 e. The van der Waals surface area contributed by atoms with Gasteiger partial charge in [-0.2, -0.15) is 0 Å². The Labute approximate surface area is 135 Å². The summed E-state index contributed by atoms with van der Waals surface area (Å²) >= 11 is 0. The fourth-order valence-corrected chi connectivity index (χ4v) is 2.19. The van der Waals surface area contributed by atoms with E-state index in [1.54, 1.807) is 18.2 Å². The molecule has 0 aliphatic rings. The van der Waals surface area contributed by atoms with Crippen LogP contribution in [0, 0.1) is 0 Å². The van der Waals surface area contributed by atoms with Crippen LogP contribution in [0.25, 0.3) is 0 Å². The maximum absolute atomic E-state index is 12.1. The molecule has 0 aliphatic carbocycles. The molecule has 0 spiro atoms. The molecule has 0 bridgehead atoms.